The van der Waals surface area contributed by atoms with Crippen molar-refractivity contribution in [3.8, 4) is 0 Å². The van der Waals surface area contributed by atoms with E-state index in [1.165, 1.54) is 24.0 Å². The van der Waals surface area contributed by atoms with Gasteiger partial charge in [0.1, 0.15) is 0 Å². The Morgan fingerprint density at radius 1 is 1.43 bits per heavy atom. The molecule has 0 N–H and O–H groups in total. The molecule has 0 aliphatic heterocycles. The second-order valence-electron chi connectivity index (χ2n) is 4.23. The summed E-state index contributed by atoms with van der Waals surface area (Å²) < 4.78 is 0.986. The molecule has 1 aromatic rings. The minimum Gasteiger partial charge on any atom is -0.131 e. The molecule has 0 nitrogen and oxygen atoms in total. The van der Waals surface area contributed by atoms with E-state index in [9.17, 15) is 0 Å². The molecule has 0 saturated carbocycles. The third-order valence-electron chi connectivity index (χ3n) is 3.12. The smallest absolute Gasteiger partial charge is 0.0968 e. The Morgan fingerprint density at radius 3 is 2.43 bits per heavy atom. The zero-order valence-electron chi connectivity index (χ0n) is 9.48. The Labute approximate surface area is 96.3 Å². The first kappa shape index (κ1) is 12.1. The molecule has 2 heteroatoms. The van der Waals surface area contributed by atoms with Crippen LogP contribution in [-0.4, -0.2) is 0 Å². The molecule has 1 atom stereocenters. The molecule has 14 heavy (non-hydrogen) atoms. The lowest BCUT2D eigenvalue weighted by Gasteiger charge is -2.29. The first-order chi connectivity index (χ1) is 6.55. The van der Waals surface area contributed by atoms with Gasteiger partial charge in [0.2, 0.25) is 0 Å². The highest BCUT2D eigenvalue weighted by Gasteiger charge is 2.28. The average Bonchev–Trinajstić information content (AvgIpc) is 2.47. The molecule has 0 spiro atoms. The largest absolute Gasteiger partial charge is 0.131 e. The molecule has 1 unspecified atom stereocenters. The van der Waals surface area contributed by atoms with E-state index < -0.39 is 0 Å². The Morgan fingerprint density at radius 2 is 2.07 bits per heavy atom. The molecule has 0 bridgehead atoms. The standard InChI is InChI=1S/C12H19ClS/c1-5-7-12(4,6-2)10-9(3)8-14-11(10)13/h8H,5-7H2,1-4H3. The van der Waals surface area contributed by atoms with E-state index in [2.05, 4.69) is 33.1 Å². The fourth-order valence-electron chi connectivity index (χ4n) is 2.16. The van der Waals surface area contributed by atoms with E-state index in [-0.39, 0.29) is 5.41 Å². The van der Waals surface area contributed by atoms with Crippen LogP contribution in [0.25, 0.3) is 0 Å². The number of halogens is 1. The van der Waals surface area contributed by atoms with Gasteiger partial charge in [-0.15, -0.1) is 11.3 Å². The first-order valence-electron chi connectivity index (χ1n) is 5.29. The van der Waals surface area contributed by atoms with Crippen LogP contribution in [0.2, 0.25) is 4.34 Å². The number of thiophene rings is 1. The average molecular weight is 231 g/mol. The molecule has 0 aliphatic carbocycles. The van der Waals surface area contributed by atoms with Gasteiger partial charge in [-0.2, -0.15) is 0 Å². The predicted molar refractivity (Wildman–Crippen MR) is 66.6 cm³/mol. The summed E-state index contributed by atoms with van der Waals surface area (Å²) in [7, 11) is 0. The van der Waals surface area contributed by atoms with Crippen LogP contribution in [0.1, 0.15) is 51.2 Å². The molecular formula is C12H19ClS. The van der Waals surface area contributed by atoms with Gasteiger partial charge in [-0.05, 0) is 41.7 Å². The lowest BCUT2D eigenvalue weighted by atomic mass is 9.76. The van der Waals surface area contributed by atoms with Crippen molar-refractivity contribution in [2.45, 2.75) is 52.4 Å². The summed E-state index contributed by atoms with van der Waals surface area (Å²) in [4.78, 5) is 0. The molecule has 0 aliphatic rings. The van der Waals surface area contributed by atoms with Gasteiger partial charge >= 0.3 is 0 Å². The topological polar surface area (TPSA) is 0 Å². The van der Waals surface area contributed by atoms with Crippen molar-refractivity contribution in [2.24, 2.45) is 0 Å². The molecule has 0 fully saturated rings. The van der Waals surface area contributed by atoms with Gasteiger partial charge in [0.15, 0.2) is 0 Å². The van der Waals surface area contributed by atoms with Crippen LogP contribution >= 0.6 is 22.9 Å². The van der Waals surface area contributed by atoms with Gasteiger partial charge in [0, 0.05) is 0 Å². The lowest BCUT2D eigenvalue weighted by Crippen LogP contribution is -2.21. The minimum absolute atomic E-state index is 0.274. The van der Waals surface area contributed by atoms with Crippen molar-refractivity contribution in [3.63, 3.8) is 0 Å². The highest BCUT2D eigenvalue weighted by atomic mass is 35.5. The lowest BCUT2D eigenvalue weighted by molar-refractivity contribution is 0.413. The maximum atomic E-state index is 6.26. The van der Waals surface area contributed by atoms with Gasteiger partial charge in [-0.1, -0.05) is 38.8 Å². The highest BCUT2D eigenvalue weighted by Crippen LogP contribution is 2.41. The van der Waals surface area contributed by atoms with Crippen LogP contribution < -0.4 is 0 Å². The fourth-order valence-corrected chi connectivity index (χ4v) is 3.59. The minimum atomic E-state index is 0.274. The summed E-state index contributed by atoms with van der Waals surface area (Å²) in [5.41, 5.74) is 3.02. The zero-order valence-corrected chi connectivity index (χ0v) is 11.1. The first-order valence-corrected chi connectivity index (χ1v) is 6.55. The molecule has 0 saturated heterocycles. The third-order valence-corrected chi connectivity index (χ3v) is 4.45. The Hall–Kier alpha value is -0.0100. The van der Waals surface area contributed by atoms with E-state index >= 15 is 0 Å². The van der Waals surface area contributed by atoms with Crippen LogP contribution in [0.3, 0.4) is 0 Å². The summed E-state index contributed by atoms with van der Waals surface area (Å²) >= 11 is 7.93. The predicted octanol–water partition coefficient (Wildman–Crippen LogP) is 5.18. The van der Waals surface area contributed by atoms with Crippen LogP contribution in [-0.2, 0) is 5.41 Å². The van der Waals surface area contributed by atoms with Crippen LogP contribution in [0.5, 0.6) is 0 Å². The van der Waals surface area contributed by atoms with E-state index in [0.717, 1.165) is 10.8 Å². The summed E-state index contributed by atoms with van der Waals surface area (Å²) in [6.45, 7) is 8.99. The molecule has 0 radical (unpaired) electrons. The Balaban J connectivity index is 3.11. The van der Waals surface area contributed by atoms with E-state index in [1.807, 2.05) is 0 Å². The third kappa shape index (κ3) is 2.14. The van der Waals surface area contributed by atoms with E-state index in [0.29, 0.717) is 0 Å². The maximum Gasteiger partial charge on any atom is 0.0968 e. The van der Waals surface area contributed by atoms with Crippen LogP contribution in [0.4, 0.5) is 0 Å². The van der Waals surface area contributed by atoms with Gasteiger partial charge in [-0.3, -0.25) is 0 Å². The van der Waals surface area contributed by atoms with Crippen molar-refractivity contribution in [3.05, 3.63) is 20.8 Å². The Kier molecular flexibility index (Phi) is 4.03. The molecule has 1 aromatic heterocycles. The normalized spacial score (nSPS) is 15.5. The summed E-state index contributed by atoms with van der Waals surface area (Å²) in [6.07, 6.45) is 3.61. The molecule has 0 amide bonds. The summed E-state index contributed by atoms with van der Waals surface area (Å²) in [6, 6.07) is 0. The zero-order chi connectivity index (χ0) is 10.8. The monoisotopic (exact) mass is 230 g/mol. The number of rotatable bonds is 4. The number of hydrogen-bond donors (Lipinski definition) is 0. The molecule has 0 aromatic carbocycles. The number of aryl methyl sites for hydroxylation is 1. The van der Waals surface area contributed by atoms with Crippen molar-refractivity contribution in [1.82, 2.24) is 0 Å². The van der Waals surface area contributed by atoms with Crippen molar-refractivity contribution in [2.75, 3.05) is 0 Å². The summed E-state index contributed by atoms with van der Waals surface area (Å²) in [5.74, 6) is 0. The van der Waals surface area contributed by atoms with E-state index in [4.69, 9.17) is 11.6 Å². The maximum absolute atomic E-state index is 6.26. The SMILES string of the molecule is CCCC(C)(CC)c1c(C)csc1Cl. The molecule has 1 heterocycles. The molecule has 1 rings (SSSR count). The van der Waals surface area contributed by atoms with Crippen molar-refractivity contribution >= 4 is 22.9 Å². The second kappa shape index (κ2) is 4.67. The second-order valence-corrected chi connectivity index (χ2v) is 5.71. The van der Waals surface area contributed by atoms with Gasteiger partial charge in [0.25, 0.3) is 0 Å². The van der Waals surface area contributed by atoms with Crippen molar-refractivity contribution in [1.29, 1.82) is 0 Å². The van der Waals surface area contributed by atoms with Crippen LogP contribution in [0, 0.1) is 6.92 Å². The van der Waals surface area contributed by atoms with Crippen LogP contribution in [0.15, 0.2) is 5.38 Å². The Bertz CT molecular complexity index is 284. The van der Waals surface area contributed by atoms with Gasteiger partial charge in [0.05, 0.1) is 4.34 Å². The van der Waals surface area contributed by atoms with Gasteiger partial charge < -0.3 is 0 Å². The highest BCUT2D eigenvalue weighted by molar-refractivity contribution is 7.14. The van der Waals surface area contributed by atoms with Gasteiger partial charge in [-0.25, -0.2) is 0 Å². The fraction of sp³-hybridized carbons (Fsp3) is 0.667. The van der Waals surface area contributed by atoms with Crippen molar-refractivity contribution < 1.29 is 0 Å². The number of hydrogen-bond acceptors (Lipinski definition) is 1. The molecule has 80 valence electrons. The summed E-state index contributed by atoms with van der Waals surface area (Å²) in [5, 5.41) is 2.17. The van der Waals surface area contributed by atoms with E-state index in [1.54, 1.807) is 11.3 Å². The quantitative estimate of drug-likeness (QED) is 0.669. The molecular weight excluding hydrogens is 212 g/mol.